The number of hydrogen-bond acceptors (Lipinski definition) is 2. The zero-order valence-electron chi connectivity index (χ0n) is 10.6. The van der Waals surface area contributed by atoms with E-state index in [1.165, 1.54) is 12.1 Å². The maximum Gasteiger partial charge on any atom is 0.125 e. The summed E-state index contributed by atoms with van der Waals surface area (Å²) < 4.78 is 13.3. The van der Waals surface area contributed by atoms with Gasteiger partial charge in [-0.1, -0.05) is 23.7 Å². The van der Waals surface area contributed by atoms with Gasteiger partial charge in [-0.25, -0.2) is 4.39 Å². The van der Waals surface area contributed by atoms with Crippen LogP contribution in [0.25, 0.3) is 0 Å². The highest BCUT2D eigenvalue weighted by atomic mass is 35.5. The SMILES string of the molecule is CCN(c1cccc(F)c1)c1cccc(Cl)c1CO. The lowest BCUT2D eigenvalue weighted by Crippen LogP contribution is -2.18. The van der Waals surface area contributed by atoms with Crippen LogP contribution in [0.5, 0.6) is 0 Å². The van der Waals surface area contributed by atoms with E-state index in [9.17, 15) is 9.50 Å². The van der Waals surface area contributed by atoms with Crippen molar-refractivity contribution in [2.75, 3.05) is 11.4 Å². The van der Waals surface area contributed by atoms with Crippen molar-refractivity contribution in [3.05, 3.63) is 58.9 Å². The molecule has 0 amide bonds. The Balaban J connectivity index is 2.51. The van der Waals surface area contributed by atoms with Gasteiger partial charge in [0.25, 0.3) is 0 Å². The number of rotatable bonds is 4. The summed E-state index contributed by atoms with van der Waals surface area (Å²) in [4.78, 5) is 1.92. The van der Waals surface area contributed by atoms with Gasteiger partial charge in [0, 0.05) is 28.5 Å². The van der Waals surface area contributed by atoms with E-state index in [1.54, 1.807) is 12.1 Å². The Kier molecular flexibility index (Phi) is 4.40. The van der Waals surface area contributed by atoms with Gasteiger partial charge < -0.3 is 10.0 Å². The van der Waals surface area contributed by atoms with Crippen LogP contribution in [0, 0.1) is 5.82 Å². The molecule has 100 valence electrons. The molecule has 0 atom stereocenters. The molecule has 2 nitrogen and oxygen atoms in total. The first kappa shape index (κ1) is 13.8. The fourth-order valence-corrected chi connectivity index (χ4v) is 2.32. The quantitative estimate of drug-likeness (QED) is 0.910. The first-order valence-corrected chi connectivity index (χ1v) is 6.46. The van der Waals surface area contributed by atoms with Crippen molar-refractivity contribution in [3.63, 3.8) is 0 Å². The van der Waals surface area contributed by atoms with Crippen LogP contribution in [-0.2, 0) is 6.61 Å². The van der Waals surface area contributed by atoms with E-state index in [2.05, 4.69) is 0 Å². The summed E-state index contributed by atoms with van der Waals surface area (Å²) in [6.07, 6.45) is 0. The highest BCUT2D eigenvalue weighted by Crippen LogP contribution is 2.32. The number of aliphatic hydroxyl groups is 1. The van der Waals surface area contributed by atoms with Gasteiger partial charge in [0.2, 0.25) is 0 Å². The second-order valence-electron chi connectivity index (χ2n) is 4.12. The highest BCUT2D eigenvalue weighted by molar-refractivity contribution is 6.31. The average Bonchev–Trinajstić information content (AvgIpc) is 2.40. The molecule has 0 saturated heterocycles. The van der Waals surface area contributed by atoms with Gasteiger partial charge in [0.05, 0.1) is 6.61 Å². The van der Waals surface area contributed by atoms with Crippen LogP contribution in [0.1, 0.15) is 12.5 Å². The van der Waals surface area contributed by atoms with Crippen LogP contribution in [0.15, 0.2) is 42.5 Å². The molecule has 0 aliphatic carbocycles. The lowest BCUT2D eigenvalue weighted by Gasteiger charge is -2.26. The second kappa shape index (κ2) is 6.04. The first-order chi connectivity index (χ1) is 9.17. The van der Waals surface area contributed by atoms with E-state index in [-0.39, 0.29) is 12.4 Å². The number of aliphatic hydroxyl groups excluding tert-OH is 1. The zero-order chi connectivity index (χ0) is 13.8. The standard InChI is InChI=1S/C15H15ClFNO/c1-2-18(12-6-3-5-11(17)9-12)15-8-4-7-14(16)13(15)10-19/h3-9,19H,2,10H2,1H3. The van der Waals surface area contributed by atoms with Gasteiger partial charge in [-0.2, -0.15) is 0 Å². The summed E-state index contributed by atoms with van der Waals surface area (Å²) in [7, 11) is 0. The van der Waals surface area contributed by atoms with Crippen molar-refractivity contribution in [3.8, 4) is 0 Å². The van der Waals surface area contributed by atoms with Gasteiger partial charge in [-0.05, 0) is 37.3 Å². The molecule has 2 aromatic carbocycles. The van der Waals surface area contributed by atoms with Crippen molar-refractivity contribution in [1.82, 2.24) is 0 Å². The Labute approximate surface area is 117 Å². The summed E-state index contributed by atoms with van der Waals surface area (Å²) >= 11 is 6.09. The first-order valence-electron chi connectivity index (χ1n) is 6.08. The number of benzene rings is 2. The zero-order valence-corrected chi connectivity index (χ0v) is 11.4. The fraction of sp³-hybridized carbons (Fsp3) is 0.200. The lowest BCUT2D eigenvalue weighted by atomic mass is 10.1. The second-order valence-corrected chi connectivity index (χ2v) is 4.53. The van der Waals surface area contributed by atoms with Crippen molar-refractivity contribution in [1.29, 1.82) is 0 Å². The van der Waals surface area contributed by atoms with Gasteiger partial charge in [0.15, 0.2) is 0 Å². The monoisotopic (exact) mass is 279 g/mol. The lowest BCUT2D eigenvalue weighted by molar-refractivity contribution is 0.282. The molecular weight excluding hydrogens is 265 g/mol. The molecule has 2 rings (SSSR count). The van der Waals surface area contributed by atoms with E-state index in [4.69, 9.17) is 11.6 Å². The van der Waals surface area contributed by atoms with Crippen LogP contribution in [0.3, 0.4) is 0 Å². The Bertz CT molecular complexity index is 574. The summed E-state index contributed by atoms with van der Waals surface area (Å²) in [6, 6.07) is 11.8. The molecule has 0 spiro atoms. The molecular formula is C15H15ClFNO. The Hall–Kier alpha value is -1.58. The summed E-state index contributed by atoms with van der Waals surface area (Å²) in [5, 5.41) is 9.97. The molecule has 0 radical (unpaired) electrons. The molecule has 0 unspecified atom stereocenters. The van der Waals surface area contributed by atoms with Crippen LogP contribution in [0.4, 0.5) is 15.8 Å². The average molecular weight is 280 g/mol. The Morgan fingerprint density at radius 2 is 1.95 bits per heavy atom. The summed E-state index contributed by atoms with van der Waals surface area (Å²) in [6.45, 7) is 2.46. The van der Waals surface area contributed by atoms with Gasteiger partial charge >= 0.3 is 0 Å². The van der Waals surface area contributed by atoms with Crippen molar-refractivity contribution < 1.29 is 9.50 Å². The normalized spacial score (nSPS) is 10.5. The molecule has 0 aliphatic heterocycles. The number of anilines is 2. The highest BCUT2D eigenvalue weighted by Gasteiger charge is 2.14. The predicted octanol–water partition coefficient (Wildman–Crippen LogP) is 4.13. The van der Waals surface area contributed by atoms with Gasteiger partial charge in [-0.15, -0.1) is 0 Å². The third-order valence-corrected chi connectivity index (χ3v) is 3.33. The van der Waals surface area contributed by atoms with Crippen LogP contribution in [0.2, 0.25) is 5.02 Å². The molecule has 0 aliphatic rings. The Morgan fingerprint density at radius 3 is 2.58 bits per heavy atom. The summed E-state index contributed by atoms with van der Waals surface area (Å²) in [5.74, 6) is -0.288. The molecule has 0 fully saturated rings. The van der Waals surface area contributed by atoms with E-state index in [1.807, 2.05) is 30.0 Å². The van der Waals surface area contributed by atoms with Crippen molar-refractivity contribution in [2.24, 2.45) is 0 Å². The van der Waals surface area contributed by atoms with Crippen molar-refractivity contribution in [2.45, 2.75) is 13.5 Å². The third-order valence-electron chi connectivity index (χ3n) is 2.98. The molecule has 0 aromatic heterocycles. The summed E-state index contributed by atoms with van der Waals surface area (Å²) in [5.41, 5.74) is 2.18. The third kappa shape index (κ3) is 2.88. The van der Waals surface area contributed by atoms with E-state index < -0.39 is 0 Å². The van der Waals surface area contributed by atoms with E-state index in [0.29, 0.717) is 17.1 Å². The van der Waals surface area contributed by atoms with Crippen LogP contribution < -0.4 is 4.90 Å². The molecule has 2 aromatic rings. The largest absolute Gasteiger partial charge is 0.392 e. The molecule has 4 heteroatoms. The smallest absolute Gasteiger partial charge is 0.125 e. The maximum atomic E-state index is 13.3. The maximum absolute atomic E-state index is 13.3. The minimum atomic E-state index is -0.288. The van der Waals surface area contributed by atoms with Crippen molar-refractivity contribution >= 4 is 23.0 Å². The fourth-order valence-electron chi connectivity index (χ4n) is 2.09. The molecule has 1 N–H and O–H groups in total. The van der Waals surface area contributed by atoms with E-state index in [0.717, 1.165) is 11.4 Å². The van der Waals surface area contributed by atoms with Crippen LogP contribution in [-0.4, -0.2) is 11.7 Å². The Morgan fingerprint density at radius 1 is 1.21 bits per heavy atom. The number of halogens is 2. The minimum absolute atomic E-state index is 0.152. The topological polar surface area (TPSA) is 23.5 Å². The van der Waals surface area contributed by atoms with Gasteiger partial charge in [-0.3, -0.25) is 0 Å². The van der Waals surface area contributed by atoms with E-state index >= 15 is 0 Å². The number of hydrogen-bond donors (Lipinski definition) is 1. The molecule has 0 bridgehead atoms. The van der Waals surface area contributed by atoms with Crippen LogP contribution >= 0.6 is 11.6 Å². The molecule has 0 saturated carbocycles. The molecule has 0 heterocycles. The molecule has 19 heavy (non-hydrogen) atoms. The minimum Gasteiger partial charge on any atom is -0.392 e. The predicted molar refractivity (Wildman–Crippen MR) is 76.5 cm³/mol. The number of nitrogens with zero attached hydrogens (tertiary/aromatic N) is 1. The van der Waals surface area contributed by atoms with Gasteiger partial charge in [0.1, 0.15) is 5.82 Å².